The van der Waals surface area contributed by atoms with Gasteiger partial charge in [0.1, 0.15) is 17.2 Å². The highest BCUT2D eigenvalue weighted by molar-refractivity contribution is 5.98. The number of carbonyl (C=O) groups excluding carboxylic acids is 2. The molecular weight excluding hydrogens is 442 g/mol. The maximum Gasteiger partial charge on any atom is 0.356 e. The van der Waals surface area contributed by atoms with Gasteiger partial charge in [0, 0.05) is 11.3 Å². The lowest BCUT2D eigenvalue weighted by Gasteiger charge is -2.08. The summed E-state index contributed by atoms with van der Waals surface area (Å²) in [7, 11) is 0. The maximum atomic E-state index is 12.6. The molecule has 0 atom stereocenters. The molecule has 4 rings (SSSR count). The number of anilines is 1. The monoisotopic (exact) mass is 467 g/mol. The fourth-order valence-corrected chi connectivity index (χ4v) is 3.43. The lowest BCUT2D eigenvalue weighted by molar-refractivity contribution is -0.111. The minimum absolute atomic E-state index is 0.266. The molecule has 0 radical (unpaired) electrons. The molecule has 3 aromatic carbocycles. The number of para-hydroxylation sites is 1. The van der Waals surface area contributed by atoms with E-state index >= 15 is 0 Å². The second-order valence-corrected chi connectivity index (χ2v) is 7.62. The van der Waals surface area contributed by atoms with Gasteiger partial charge in [-0.25, -0.2) is 4.79 Å². The Morgan fingerprint density at radius 1 is 0.971 bits per heavy atom. The van der Waals surface area contributed by atoms with Crippen LogP contribution >= 0.6 is 0 Å². The molecule has 7 nitrogen and oxygen atoms in total. The van der Waals surface area contributed by atoms with Gasteiger partial charge >= 0.3 is 5.97 Å². The Kier molecular flexibility index (Phi) is 7.37. The lowest BCUT2D eigenvalue weighted by atomic mass is 10.1. The van der Waals surface area contributed by atoms with Crippen LogP contribution in [0.4, 0.5) is 5.69 Å². The van der Waals surface area contributed by atoms with Gasteiger partial charge in [0.25, 0.3) is 0 Å². The Morgan fingerprint density at radius 2 is 1.66 bits per heavy atom. The fourth-order valence-electron chi connectivity index (χ4n) is 3.43. The van der Waals surface area contributed by atoms with Gasteiger partial charge in [-0.2, -0.15) is 5.10 Å². The summed E-state index contributed by atoms with van der Waals surface area (Å²) in [6, 6.07) is 26.1. The van der Waals surface area contributed by atoms with Crippen LogP contribution in [0.25, 0.3) is 11.3 Å². The number of hydrogen-bond donors (Lipinski definition) is 1. The van der Waals surface area contributed by atoms with E-state index in [2.05, 4.69) is 17.0 Å². The summed E-state index contributed by atoms with van der Waals surface area (Å²) in [6.07, 6.45) is 1.21. The quantitative estimate of drug-likeness (QED) is 0.253. The van der Waals surface area contributed by atoms with Gasteiger partial charge < -0.3 is 14.8 Å². The third-order valence-electron chi connectivity index (χ3n) is 5.13. The van der Waals surface area contributed by atoms with E-state index < -0.39 is 5.97 Å². The Bertz CT molecular complexity index is 1310. The SMILES string of the molecule is C=CC(=O)Nc1ccc(Cn2nc(-c3ccc(Oc4ccccc4)cc3)cc2C(=O)OCC)cc1. The zero-order valence-electron chi connectivity index (χ0n) is 19.3. The highest BCUT2D eigenvalue weighted by atomic mass is 16.5. The van der Waals surface area contributed by atoms with Crippen molar-refractivity contribution in [3.63, 3.8) is 0 Å². The molecule has 0 saturated heterocycles. The van der Waals surface area contributed by atoms with E-state index in [1.165, 1.54) is 6.08 Å². The molecule has 1 heterocycles. The number of aromatic nitrogens is 2. The third-order valence-corrected chi connectivity index (χ3v) is 5.13. The number of benzene rings is 3. The van der Waals surface area contributed by atoms with Crippen LogP contribution in [0, 0.1) is 0 Å². The van der Waals surface area contributed by atoms with Gasteiger partial charge in [0.05, 0.1) is 18.8 Å². The first kappa shape index (κ1) is 23.5. The molecule has 0 unspecified atom stereocenters. The predicted molar refractivity (Wildman–Crippen MR) is 135 cm³/mol. The highest BCUT2D eigenvalue weighted by Gasteiger charge is 2.18. The van der Waals surface area contributed by atoms with Crippen molar-refractivity contribution in [1.29, 1.82) is 0 Å². The first-order valence-corrected chi connectivity index (χ1v) is 11.2. The number of carbonyl (C=O) groups is 2. The van der Waals surface area contributed by atoms with E-state index in [0.717, 1.165) is 16.9 Å². The van der Waals surface area contributed by atoms with Crippen LogP contribution in [0.3, 0.4) is 0 Å². The molecular formula is C28H25N3O4. The molecule has 1 N–H and O–H groups in total. The van der Waals surface area contributed by atoms with Gasteiger partial charge in [0.15, 0.2) is 0 Å². The second-order valence-electron chi connectivity index (χ2n) is 7.62. The maximum absolute atomic E-state index is 12.6. The van der Waals surface area contributed by atoms with E-state index in [-0.39, 0.29) is 12.5 Å². The van der Waals surface area contributed by atoms with E-state index in [1.54, 1.807) is 29.8 Å². The van der Waals surface area contributed by atoms with Gasteiger partial charge in [0.2, 0.25) is 5.91 Å². The average molecular weight is 468 g/mol. The smallest absolute Gasteiger partial charge is 0.356 e. The van der Waals surface area contributed by atoms with Crippen molar-refractivity contribution < 1.29 is 19.1 Å². The normalized spacial score (nSPS) is 10.4. The number of nitrogens with one attached hydrogen (secondary N) is 1. The fraction of sp³-hybridized carbons (Fsp3) is 0.107. The zero-order valence-corrected chi connectivity index (χ0v) is 19.3. The molecule has 0 fully saturated rings. The highest BCUT2D eigenvalue weighted by Crippen LogP contribution is 2.26. The number of amides is 1. The topological polar surface area (TPSA) is 82.5 Å². The van der Waals surface area contributed by atoms with Crippen molar-refractivity contribution in [2.45, 2.75) is 13.5 Å². The van der Waals surface area contributed by atoms with Crippen LogP contribution in [0.15, 0.2) is 97.6 Å². The molecule has 0 bridgehead atoms. The zero-order chi connectivity index (χ0) is 24.6. The molecule has 0 saturated carbocycles. The van der Waals surface area contributed by atoms with Gasteiger partial charge in [-0.05, 0) is 73.2 Å². The van der Waals surface area contributed by atoms with Crippen LogP contribution in [0.1, 0.15) is 23.0 Å². The number of rotatable bonds is 9. The largest absolute Gasteiger partial charge is 0.461 e. The second kappa shape index (κ2) is 11.0. The molecule has 176 valence electrons. The molecule has 4 aromatic rings. The lowest BCUT2D eigenvalue weighted by Crippen LogP contribution is -2.14. The summed E-state index contributed by atoms with van der Waals surface area (Å²) < 4.78 is 12.7. The summed E-state index contributed by atoms with van der Waals surface area (Å²) in [4.78, 5) is 24.1. The van der Waals surface area contributed by atoms with E-state index in [0.29, 0.717) is 29.4 Å². The Balaban J connectivity index is 1.56. The molecule has 0 aliphatic rings. The van der Waals surface area contributed by atoms with Crippen molar-refractivity contribution in [3.8, 4) is 22.8 Å². The van der Waals surface area contributed by atoms with Crippen molar-refractivity contribution in [1.82, 2.24) is 9.78 Å². The van der Waals surface area contributed by atoms with Crippen LogP contribution in [0.2, 0.25) is 0 Å². The molecule has 0 aliphatic carbocycles. The summed E-state index contributed by atoms with van der Waals surface area (Å²) >= 11 is 0. The van der Waals surface area contributed by atoms with E-state index in [4.69, 9.17) is 9.47 Å². The Labute approximate surface area is 203 Å². The van der Waals surface area contributed by atoms with Crippen molar-refractivity contribution in [2.75, 3.05) is 11.9 Å². The molecule has 1 aromatic heterocycles. The molecule has 35 heavy (non-hydrogen) atoms. The van der Waals surface area contributed by atoms with Crippen LogP contribution in [-0.4, -0.2) is 28.3 Å². The average Bonchev–Trinajstić information content (AvgIpc) is 3.30. The minimum Gasteiger partial charge on any atom is -0.461 e. The van der Waals surface area contributed by atoms with Crippen LogP contribution in [0.5, 0.6) is 11.5 Å². The Morgan fingerprint density at radius 3 is 2.31 bits per heavy atom. The predicted octanol–water partition coefficient (Wildman–Crippen LogP) is 5.69. The van der Waals surface area contributed by atoms with E-state index in [9.17, 15) is 9.59 Å². The van der Waals surface area contributed by atoms with Crippen LogP contribution in [-0.2, 0) is 16.1 Å². The first-order chi connectivity index (χ1) is 17.1. The molecule has 0 spiro atoms. The number of hydrogen-bond acceptors (Lipinski definition) is 5. The van der Waals surface area contributed by atoms with Gasteiger partial charge in [-0.3, -0.25) is 9.48 Å². The van der Waals surface area contributed by atoms with Gasteiger partial charge in [-0.1, -0.05) is 36.9 Å². The summed E-state index contributed by atoms with van der Waals surface area (Å²) in [5, 5.41) is 7.38. The number of ether oxygens (including phenoxy) is 2. The van der Waals surface area contributed by atoms with Gasteiger partial charge in [-0.15, -0.1) is 0 Å². The molecule has 0 aliphatic heterocycles. The summed E-state index contributed by atoms with van der Waals surface area (Å²) in [5.41, 5.74) is 3.42. The number of nitrogens with zero attached hydrogens (tertiary/aromatic N) is 2. The summed E-state index contributed by atoms with van der Waals surface area (Å²) in [5.74, 6) is 0.738. The van der Waals surface area contributed by atoms with Crippen LogP contribution < -0.4 is 10.1 Å². The summed E-state index contributed by atoms with van der Waals surface area (Å²) in [6.45, 7) is 5.84. The first-order valence-electron chi connectivity index (χ1n) is 11.2. The van der Waals surface area contributed by atoms with Crippen molar-refractivity contribution in [2.24, 2.45) is 0 Å². The third kappa shape index (κ3) is 6.03. The molecule has 7 heteroatoms. The van der Waals surface area contributed by atoms with E-state index in [1.807, 2.05) is 66.7 Å². The molecule has 1 amide bonds. The number of esters is 1. The van der Waals surface area contributed by atoms with Crippen molar-refractivity contribution >= 4 is 17.6 Å². The van der Waals surface area contributed by atoms with Crippen molar-refractivity contribution in [3.05, 3.63) is 109 Å². The standard InChI is InChI=1S/C28H25N3O4/c1-3-27(32)29-22-14-10-20(11-15-22)19-31-26(28(33)34-4-2)18-25(30-31)21-12-16-24(17-13-21)35-23-8-6-5-7-9-23/h3,5-18H,1,4,19H2,2H3,(H,29,32). The minimum atomic E-state index is -0.440. The Hall–Kier alpha value is -4.65.